The highest BCUT2D eigenvalue weighted by atomic mass is 32.2. The van der Waals surface area contributed by atoms with Crippen LogP contribution in [0.2, 0.25) is 0 Å². The van der Waals surface area contributed by atoms with Crippen LogP contribution in [0.15, 0.2) is 68.4 Å². The summed E-state index contributed by atoms with van der Waals surface area (Å²) in [5.41, 5.74) is 1.92. The van der Waals surface area contributed by atoms with Crippen LogP contribution in [-0.4, -0.2) is 36.7 Å². The smallest absolute Gasteiger partial charge is 0.269 e. The molecule has 2 aromatic carbocycles. The second kappa shape index (κ2) is 7.32. The third kappa shape index (κ3) is 3.21. The number of aliphatic imine (C=N–C) groups is 1. The van der Waals surface area contributed by atoms with Gasteiger partial charge in [-0.1, -0.05) is 23.9 Å². The van der Waals surface area contributed by atoms with Crippen molar-refractivity contribution in [3.05, 3.63) is 58.5 Å². The molecule has 4 rings (SSSR count). The zero-order valence-electron chi connectivity index (χ0n) is 15.3. The Kier molecular flexibility index (Phi) is 4.88. The molecule has 27 heavy (non-hydrogen) atoms. The lowest BCUT2D eigenvalue weighted by Crippen LogP contribution is -2.29. The molecule has 0 saturated carbocycles. The van der Waals surface area contributed by atoms with Gasteiger partial charge in [-0.3, -0.25) is 9.69 Å². The first-order valence-corrected chi connectivity index (χ1v) is 10.2. The normalized spacial score (nSPS) is 20.6. The average molecular weight is 398 g/mol. The zero-order valence-corrected chi connectivity index (χ0v) is 16.9. The standard InChI is InChI=1S/C20H19N3O2S2/c1-4-23-18(24)17(19-22(2)15-7-5-6-8-16(15)26-19)27-20(23)21-13-9-11-14(25-3)12-10-13/h5-12H,4H2,1-3H3/b19-17+,21-20?. The molecular formula is C20H19N3O2S2. The third-order valence-electron chi connectivity index (χ3n) is 4.41. The van der Waals surface area contributed by atoms with Crippen LogP contribution in [0.3, 0.4) is 0 Å². The molecule has 2 aromatic rings. The number of amidine groups is 1. The maximum absolute atomic E-state index is 13.0. The summed E-state index contributed by atoms with van der Waals surface area (Å²) in [7, 11) is 3.64. The number of ether oxygens (including phenoxy) is 1. The maximum atomic E-state index is 13.0. The molecule has 138 valence electrons. The summed E-state index contributed by atoms with van der Waals surface area (Å²) < 4.78 is 5.19. The number of methoxy groups -OCH3 is 1. The molecule has 0 bridgehead atoms. The van der Waals surface area contributed by atoms with Gasteiger partial charge in [0.25, 0.3) is 5.91 Å². The molecule has 0 radical (unpaired) electrons. The van der Waals surface area contributed by atoms with Crippen molar-refractivity contribution < 1.29 is 9.53 Å². The SMILES string of the molecule is CCN1C(=O)/C(=C2\Sc3ccccc3N2C)SC1=Nc1ccc(OC)cc1. The van der Waals surface area contributed by atoms with Crippen molar-refractivity contribution in [1.29, 1.82) is 0 Å². The number of hydrogen-bond acceptors (Lipinski definition) is 6. The van der Waals surface area contributed by atoms with Crippen molar-refractivity contribution in [2.75, 3.05) is 25.6 Å². The average Bonchev–Trinajstić information content (AvgIpc) is 3.19. The number of carbonyl (C=O) groups excluding carboxylic acids is 1. The molecule has 0 N–H and O–H groups in total. The second-order valence-electron chi connectivity index (χ2n) is 6.01. The first-order valence-electron chi connectivity index (χ1n) is 8.59. The number of fused-ring (bicyclic) bond motifs is 1. The van der Waals surface area contributed by atoms with E-state index in [1.165, 1.54) is 16.7 Å². The van der Waals surface area contributed by atoms with Gasteiger partial charge in [-0.05, 0) is 55.1 Å². The summed E-state index contributed by atoms with van der Waals surface area (Å²) >= 11 is 3.08. The molecular weight excluding hydrogens is 378 g/mol. The van der Waals surface area contributed by atoms with Crippen LogP contribution in [0.4, 0.5) is 11.4 Å². The third-order valence-corrected chi connectivity index (χ3v) is 6.84. The van der Waals surface area contributed by atoms with Gasteiger partial charge in [0.1, 0.15) is 10.7 Å². The summed E-state index contributed by atoms with van der Waals surface area (Å²) in [5, 5.41) is 1.67. The van der Waals surface area contributed by atoms with E-state index >= 15 is 0 Å². The number of carbonyl (C=O) groups is 1. The van der Waals surface area contributed by atoms with Gasteiger partial charge in [-0.25, -0.2) is 4.99 Å². The maximum Gasteiger partial charge on any atom is 0.269 e. The van der Waals surface area contributed by atoms with Gasteiger partial charge in [-0.2, -0.15) is 0 Å². The van der Waals surface area contributed by atoms with E-state index in [4.69, 9.17) is 9.73 Å². The monoisotopic (exact) mass is 397 g/mol. The number of hydrogen-bond donors (Lipinski definition) is 0. The molecule has 0 spiro atoms. The van der Waals surface area contributed by atoms with Crippen LogP contribution in [0.25, 0.3) is 0 Å². The number of amides is 1. The Bertz CT molecular complexity index is 954. The molecule has 7 heteroatoms. The van der Waals surface area contributed by atoms with E-state index in [-0.39, 0.29) is 5.91 Å². The number of para-hydroxylation sites is 1. The minimum Gasteiger partial charge on any atom is -0.497 e. The topological polar surface area (TPSA) is 45.1 Å². The molecule has 1 fully saturated rings. The van der Waals surface area contributed by atoms with Gasteiger partial charge in [0.2, 0.25) is 0 Å². The molecule has 5 nitrogen and oxygen atoms in total. The zero-order chi connectivity index (χ0) is 19.0. The van der Waals surface area contributed by atoms with Crippen LogP contribution in [-0.2, 0) is 4.79 Å². The van der Waals surface area contributed by atoms with E-state index < -0.39 is 0 Å². The predicted octanol–water partition coefficient (Wildman–Crippen LogP) is 4.69. The van der Waals surface area contributed by atoms with Crippen molar-refractivity contribution in [3.8, 4) is 5.75 Å². The van der Waals surface area contributed by atoms with Crippen LogP contribution >= 0.6 is 23.5 Å². The highest BCUT2D eigenvalue weighted by Crippen LogP contribution is 2.49. The number of nitrogens with zero attached hydrogens (tertiary/aromatic N) is 3. The van der Waals surface area contributed by atoms with Crippen LogP contribution < -0.4 is 9.64 Å². The fourth-order valence-electron chi connectivity index (χ4n) is 2.97. The van der Waals surface area contributed by atoms with Gasteiger partial charge >= 0.3 is 0 Å². The largest absolute Gasteiger partial charge is 0.497 e. The Morgan fingerprint density at radius 1 is 1.07 bits per heavy atom. The number of benzene rings is 2. The van der Waals surface area contributed by atoms with Crippen molar-refractivity contribution >= 4 is 46.0 Å². The summed E-state index contributed by atoms with van der Waals surface area (Å²) in [4.78, 5) is 23.4. The van der Waals surface area contributed by atoms with E-state index in [9.17, 15) is 4.79 Å². The summed E-state index contributed by atoms with van der Waals surface area (Å²) in [5.74, 6) is 0.794. The second-order valence-corrected chi connectivity index (χ2v) is 8.02. The predicted molar refractivity (Wildman–Crippen MR) is 113 cm³/mol. The van der Waals surface area contributed by atoms with Gasteiger partial charge in [-0.15, -0.1) is 0 Å². The molecule has 0 atom stereocenters. The molecule has 1 saturated heterocycles. The molecule has 2 aliphatic heterocycles. The lowest BCUT2D eigenvalue weighted by molar-refractivity contribution is -0.122. The lowest BCUT2D eigenvalue weighted by atomic mass is 10.3. The summed E-state index contributed by atoms with van der Waals surface area (Å²) in [6.07, 6.45) is 0. The van der Waals surface area contributed by atoms with E-state index in [2.05, 4.69) is 17.0 Å². The van der Waals surface area contributed by atoms with Crippen molar-refractivity contribution in [3.63, 3.8) is 0 Å². The Hall–Kier alpha value is -2.38. The molecule has 1 amide bonds. The van der Waals surface area contributed by atoms with E-state index in [1.807, 2.05) is 50.4 Å². The Labute approximate surface area is 167 Å². The quantitative estimate of drug-likeness (QED) is 0.703. The van der Waals surface area contributed by atoms with Gasteiger partial charge in [0, 0.05) is 18.5 Å². The molecule has 0 aromatic heterocycles. The first kappa shape index (κ1) is 18.0. The van der Waals surface area contributed by atoms with Crippen molar-refractivity contribution in [2.45, 2.75) is 11.8 Å². The van der Waals surface area contributed by atoms with Crippen molar-refractivity contribution in [1.82, 2.24) is 4.90 Å². The van der Waals surface area contributed by atoms with Gasteiger partial charge < -0.3 is 9.64 Å². The Morgan fingerprint density at radius 2 is 1.81 bits per heavy atom. The van der Waals surface area contributed by atoms with Gasteiger partial charge in [0.05, 0.1) is 23.5 Å². The van der Waals surface area contributed by atoms with E-state index in [0.29, 0.717) is 11.7 Å². The summed E-state index contributed by atoms with van der Waals surface area (Å²) in [6, 6.07) is 15.7. The highest BCUT2D eigenvalue weighted by Gasteiger charge is 2.38. The van der Waals surface area contributed by atoms with Crippen LogP contribution in [0.1, 0.15) is 6.92 Å². The van der Waals surface area contributed by atoms with Crippen LogP contribution in [0.5, 0.6) is 5.75 Å². The van der Waals surface area contributed by atoms with E-state index in [1.54, 1.807) is 23.8 Å². The summed E-state index contributed by atoms with van der Waals surface area (Å²) in [6.45, 7) is 2.55. The fraction of sp³-hybridized carbons (Fsp3) is 0.200. The number of anilines is 1. The number of likely N-dealkylation sites (N-methyl/N-ethyl adjacent to an activating group) is 1. The fourth-order valence-corrected chi connectivity index (χ4v) is 5.37. The van der Waals surface area contributed by atoms with Crippen LogP contribution in [0, 0.1) is 0 Å². The Morgan fingerprint density at radius 3 is 2.48 bits per heavy atom. The molecule has 0 unspecified atom stereocenters. The highest BCUT2D eigenvalue weighted by molar-refractivity contribution is 8.19. The molecule has 2 heterocycles. The molecule has 0 aliphatic carbocycles. The number of rotatable bonds is 3. The number of thioether (sulfide) groups is 2. The van der Waals surface area contributed by atoms with Crippen molar-refractivity contribution in [2.24, 2.45) is 4.99 Å². The first-order chi connectivity index (χ1) is 13.1. The lowest BCUT2D eigenvalue weighted by Gasteiger charge is -2.15. The van der Waals surface area contributed by atoms with E-state index in [0.717, 1.165) is 27.1 Å². The minimum atomic E-state index is 0.0110. The minimum absolute atomic E-state index is 0.0110. The molecule has 2 aliphatic rings. The Balaban J connectivity index is 1.69. The van der Waals surface area contributed by atoms with Gasteiger partial charge in [0.15, 0.2) is 5.17 Å².